The van der Waals surface area contributed by atoms with Crippen LogP contribution < -0.4 is 15.9 Å². The Kier molecular flexibility index (Phi) is 20.3. The van der Waals surface area contributed by atoms with E-state index >= 15 is 0 Å². The van der Waals surface area contributed by atoms with Crippen LogP contribution in [0.4, 0.5) is 0 Å². The van der Waals surface area contributed by atoms with Crippen LogP contribution in [-0.4, -0.2) is 93.5 Å². The van der Waals surface area contributed by atoms with Gasteiger partial charge in [0.1, 0.15) is 0 Å². The second-order valence-electron chi connectivity index (χ2n) is 16.8. The summed E-state index contributed by atoms with van der Waals surface area (Å²) in [6.07, 6.45) is 10.2. The Bertz CT molecular complexity index is 2560. The van der Waals surface area contributed by atoms with Crippen LogP contribution in [0.25, 0.3) is 17.2 Å². The summed E-state index contributed by atoms with van der Waals surface area (Å²) in [4.78, 5) is 0. The van der Waals surface area contributed by atoms with Crippen molar-refractivity contribution in [2.24, 2.45) is 0 Å². The molecule has 0 atom stereocenters. The number of allylic oxidation sites excluding steroid dienone is 5. The average molecular weight is 1120 g/mol. The van der Waals surface area contributed by atoms with Crippen LogP contribution in [0.5, 0.6) is 0 Å². The molecule has 0 N–H and O–H groups in total. The molecule has 0 unspecified atom stereocenters. The third kappa shape index (κ3) is 12.6. The molecule has 0 aromatic heterocycles. The van der Waals surface area contributed by atoms with E-state index in [4.69, 9.17) is 33.2 Å². The molecule has 0 bridgehead atoms. The molecule has 1 saturated heterocycles. The topological polar surface area (TPSA) is 64.6 Å². The number of benzene rings is 5. The van der Waals surface area contributed by atoms with Gasteiger partial charge in [0.25, 0.3) is 0 Å². The van der Waals surface area contributed by atoms with E-state index in [2.05, 4.69) is 182 Å². The predicted octanol–water partition coefficient (Wildman–Crippen LogP) is 10.1. The van der Waals surface area contributed by atoms with Crippen LogP contribution in [0.3, 0.4) is 0 Å². The van der Waals surface area contributed by atoms with Crippen molar-refractivity contribution in [3.63, 3.8) is 0 Å². The van der Waals surface area contributed by atoms with Gasteiger partial charge in [0.05, 0.1) is 52.9 Å². The van der Waals surface area contributed by atoms with E-state index in [1.165, 1.54) is 43.7 Å². The molecule has 0 spiro atoms. The van der Waals surface area contributed by atoms with E-state index in [1.54, 1.807) is 32.2 Å². The molecule has 5 aromatic carbocycles. The molecule has 1 fully saturated rings. The fourth-order valence-corrected chi connectivity index (χ4v) is 15.1. The number of ether oxygens (including phenoxy) is 7. The third-order valence-electron chi connectivity index (χ3n) is 12.7. The molecule has 2 aliphatic rings. The molecule has 0 radical (unpaired) electrons. The summed E-state index contributed by atoms with van der Waals surface area (Å²) in [5.74, 6) is 7.60. The maximum absolute atomic E-state index is 6.35. The average Bonchev–Trinajstić information content (AvgIpc) is 3.96. The van der Waals surface area contributed by atoms with E-state index in [1.807, 2.05) is 0 Å². The Hall–Kier alpha value is -4.81. The molecule has 1 aliphatic carbocycles. The van der Waals surface area contributed by atoms with Crippen LogP contribution in [0, 0.1) is 16.2 Å². The monoisotopic (exact) mass is 1120 g/mol. The summed E-state index contributed by atoms with van der Waals surface area (Å²) >= 11 is 1.78. The van der Waals surface area contributed by atoms with Gasteiger partial charge >= 0.3 is 318 Å². The molecule has 0 amide bonds. The Balaban J connectivity index is 1.39. The van der Waals surface area contributed by atoms with Crippen LogP contribution >= 0.6 is 7.26 Å². The first-order valence-electron chi connectivity index (χ1n) is 23.9. The number of rotatable bonds is 24. The standard InChI is InChI=1S/C60H65O7P.Os/c1-6-17-48-25-28-56-57-29-26-49(43-59(57)60(58(56)42-48,30-32-63-38-40-65-36-34-61-4)31-33-64-39-41-66-37-35-62-5)24-27-51(44-52-46-67-45-50(52)7-2)47(3)68(53-18-11-8-12-19-53,54-20-13-9-14-21-54)55-22-15-10-16-23-55;/h6-23,25-26,28-29,42-44H,30-41,45-46H2,1-2,4-5H3;/q+1;/b17-6+,50-7?,51-47?,52-44?;. The van der Waals surface area contributed by atoms with E-state index < -0.39 is 12.7 Å². The molecule has 1 aliphatic heterocycles. The van der Waals surface area contributed by atoms with Crippen molar-refractivity contribution in [1.29, 1.82) is 0 Å². The van der Waals surface area contributed by atoms with E-state index in [0.717, 1.165) is 40.4 Å². The molecule has 69 heavy (non-hydrogen) atoms. The van der Waals surface area contributed by atoms with Crippen molar-refractivity contribution in [3.05, 3.63) is 190 Å². The summed E-state index contributed by atoms with van der Waals surface area (Å²) in [7, 11) is 0.805. The number of methoxy groups -OCH3 is 2. The Labute approximate surface area is 421 Å². The summed E-state index contributed by atoms with van der Waals surface area (Å²) in [6, 6.07) is 46.5. The van der Waals surface area contributed by atoms with Gasteiger partial charge in [0, 0.05) is 14.2 Å². The first-order chi connectivity index (χ1) is 34.0. The molecular weight excluding hydrogens is 1050 g/mol. The zero-order chi connectivity index (χ0) is 48.2. The van der Waals surface area contributed by atoms with Crippen LogP contribution in [0.2, 0.25) is 0 Å². The molecule has 5 aromatic rings. The van der Waals surface area contributed by atoms with Crippen molar-refractivity contribution in [1.82, 2.24) is 0 Å². The molecule has 7 rings (SSSR count). The zero-order valence-electron chi connectivity index (χ0n) is 40.5. The Morgan fingerprint density at radius 3 is 1.61 bits per heavy atom. The van der Waals surface area contributed by atoms with Crippen molar-refractivity contribution in [2.45, 2.75) is 32.1 Å². The van der Waals surface area contributed by atoms with Gasteiger partial charge in [-0.25, -0.2) is 0 Å². The van der Waals surface area contributed by atoms with Gasteiger partial charge in [-0.3, -0.25) is 0 Å². The van der Waals surface area contributed by atoms with Crippen LogP contribution in [0.1, 0.15) is 48.9 Å². The minimum atomic E-state index is -2.56. The van der Waals surface area contributed by atoms with Gasteiger partial charge in [-0.1, -0.05) is 12.2 Å². The van der Waals surface area contributed by atoms with Gasteiger partial charge in [-0.15, -0.1) is 0 Å². The SMILES string of the molecule is CC=C1COCC1=CC(C#Cc1ccc2c(c1)C(CCOCCOCCOC)(CCOCCOCCOC)c1cc(/C=C/C)ccc1-2)=C([C]#[Os])[P+](c1ccccc1)(c1ccccc1)c1ccccc1. The van der Waals surface area contributed by atoms with Crippen LogP contribution in [0.15, 0.2) is 168 Å². The van der Waals surface area contributed by atoms with E-state index in [9.17, 15) is 0 Å². The van der Waals surface area contributed by atoms with Gasteiger partial charge < -0.3 is 18.9 Å². The maximum atomic E-state index is 6.35. The fourth-order valence-electron chi connectivity index (χ4n) is 9.39. The molecule has 1 heterocycles. The van der Waals surface area contributed by atoms with E-state index in [0.29, 0.717) is 79.3 Å². The number of hydrogen-bond acceptors (Lipinski definition) is 7. The third-order valence-corrected chi connectivity index (χ3v) is 18.1. The van der Waals surface area contributed by atoms with Crippen molar-refractivity contribution in [3.8, 4) is 27.3 Å². The molecular formula is C60H65O7OsP+. The second kappa shape index (κ2) is 27.0. The van der Waals surface area contributed by atoms with E-state index in [-0.39, 0.29) is 0 Å². The zero-order valence-corrected chi connectivity index (χ0v) is 43.9. The normalized spacial score (nSPS) is 15.5. The quantitative estimate of drug-likeness (QED) is 0.0347. The summed E-state index contributed by atoms with van der Waals surface area (Å²) < 4.78 is 44.5. The second-order valence-corrected chi connectivity index (χ2v) is 20.8. The van der Waals surface area contributed by atoms with Crippen molar-refractivity contribution >= 4 is 29.3 Å². The van der Waals surface area contributed by atoms with Crippen LogP contribution in [-0.2, 0) is 56.5 Å². The Morgan fingerprint density at radius 1 is 0.609 bits per heavy atom. The predicted molar refractivity (Wildman–Crippen MR) is 279 cm³/mol. The van der Waals surface area contributed by atoms with Gasteiger partial charge in [-0.05, 0) is 6.92 Å². The molecule has 9 heteroatoms. The van der Waals surface area contributed by atoms with Gasteiger partial charge in [0.2, 0.25) is 0 Å². The fraction of sp³-hybridized carbons (Fsp3) is 0.317. The van der Waals surface area contributed by atoms with Gasteiger partial charge in [0.15, 0.2) is 0 Å². The first-order valence-corrected chi connectivity index (χ1v) is 26.9. The summed E-state index contributed by atoms with van der Waals surface area (Å²) in [5.41, 5.74) is 9.90. The van der Waals surface area contributed by atoms with Gasteiger partial charge in [-0.2, -0.15) is 0 Å². The van der Waals surface area contributed by atoms with Crippen molar-refractivity contribution < 1.29 is 51.1 Å². The molecule has 0 saturated carbocycles. The molecule has 7 nitrogen and oxygen atoms in total. The van der Waals surface area contributed by atoms with Crippen molar-refractivity contribution in [2.75, 3.05) is 93.5 Å². The minimum absolute atomic E-state index is 0.414. The summed E-state index contributed by atoms with van der Waals surface area (Å²) in [6.45, 7) is 10.5. The summed E-state index contributed by atoms with van der Waals surface area (Å²) in [5, 5.41) is 4.83. The first kappa shape index (κ1) is 52.0. The Morgan fingerprint density at radius 2 is 1.10 bits per heavy atom. The number of fused-ring (bicyclic) bond motifs is 3. The number of hydrogen-bond donors (Lipinski definition) is 0. The molecule has 359 valence electrons.